The normalized spacial score (nSPS) is 19.9. The van der Waals surface area contributed by atoms with Crippen LogP contribution in [0.1, 0.15) is 44.6 Å². The Morgan fingerprint density at radius 3 is 3.00 bits per heavy atom. The SMILES string of the molecule is CCCNC(CCC1CCCO1)Cc1ccc(F)cc1Cl. The van der Waals surface area contributed by atoms with Crippen LogP contribution in [0.15, 0.2) is 18.2 Å². The Kier molecular flexibility index (Phi) is 6.94. The van der Waals surface area contributed by atoms with Gasteiger partial charge in [-0.05, 0) is 62.8 Å². The lowest BCUT2D eigenvalue weighted by atomic mass is 9.99. The van der Waals surface area contributed by atoms with Gasteiger partial charge in [0.1, 0.15) is 5.82 Å². The third-order valence-electron chi connectivity index (χ3n) is 4.03. The molecule has 2 atom stereocenters. The summed E-state index contributed by atoms with van der Waals surface area (Å²) in [7, 11) is 0. The first-order chi connectivity index (χ1) is 10.2. The second-order valence-electron chi connectivity index (χ2n) is 5.80. The molecule has 0 aliphatic carbocycles. The van der Waals surface area contributed by atoms with E-state index < -0.39 is 0 Å². The van der Waals surface area contributed by atoms with Crippen LogP contribution in [0, 0.1) is 5.82 Å². The Balaban J connectivity index is 1.90. The van der Waals surface area contributed by atoms with E-state index in [-0.39, 0.29) is 5.82 Å². The van der Waals surface area contributed by atoms with Gasteiger partial charge in [-0.2, -0.15) is 0 Å². The van der Waals surface area contributed by atoms with Crippen molar-refractivity contribution in [1.29, 1.82) is 0 Å². The predicted molar refractivity (Wildman–Crippen MR) is 85.4 cm³/mol. The molecular weight excluding hydrogens is 289 g/mol. The molecule has 1 aromatic rings. The van der Waals surface area contributed by atoms with Crippen molar-refractivity contribution in [2.75, 3.05) is 13.2 Å². The molecule has 0 bridgehead atoms. The minimum absolute atomic E-state index is 0.277. The average molecular weight is 314 g/mol. The summed E-state index contributed by atoms with van der Waals surface area (Å²) in [5.41, 5.74) is 1.01. The minimum Gasteiger partial charge on any atom is -0.378 e. The molecule has 21 heavy (non-hydrogen) atoms. The molecule has 2 nitrogen and oxygen atoms in total. The van der Waals surface area contributed by atoms with Crippen LogP contribution in [0.2, 0.25) is 5.02 Å². The Hall–Kier alpha value is -0.640. The summed E-state index contributed by atoms with van der Waals surface area (Å²) in [5.74, 6) is -0.277. The number of nitrogens with one attached hydrogen (secondary N) is 1. The summed E-state index contributed by atoms with van der Waals surface area (Å²) in [6.45, 7) is 4.06. The molecule has 1 heterocycles. The summed E-state index contributed by atoms with van der Waals surface area (Å²) < 4.78 is 18.8. The van der Waals surface area contributed by atoms with E-state index in [0.29, 0.717) is 17.2 Å². The molecule has 0 spiro atoms. The van der Waals surface area contributed by atoms with Crippen molar-refractivity contribution in [2.24, 2.45) is 0 Å². The number of rotatable bonds is 8. The van der Waals surface area contributed by atoms with Gasteiger partial charge in [0.25, 0.3) is 0 Å². The molecule has 1 fully saturated rings. The number of halogens is 2. The lowest BCUT2D eigenvalue weighted by Gasteiger charge is -2.21. The molecule has 1 saturated heterocycles. The van der Waals surface area contributed by atoms with Gasteiger partial charge in [-0.15, -0.1) is 0 Å². The highest BCUT2D eigenvalue weighted by Crippen LogP contribution is 2.22. The highest BCUT2D eigenvalue weighted by Gasteiger charge is 2.18. The van der Waals surface area contributed by atoms with Crippen LogP contribution in [-0.2, 0) is 11.2 Å². The summed E-state index contributed by atoms with van der Waals surface area (Å²) in [4.78, 5) is 0. The molecule has 1 aliphatic rings. The zero-order valence-corrected chi connectivity index (χ0v) is 13.5. The third kappa shape index (κ3) is 5.57. The topological polar surface area (TPSA) is 21.3 Å². The van der Waals surface area contributed by atoms with Crippen LogP contribution >= 0.6 is 11.6 Å². The quantitative estimate of drug-likeness (QED) is 0.770. The largest absolute Gasteiger partial charge is 0.378 e. The number of benzene rings is 1. The standard InChI is InChI=1S/C17H25ClFNO/c1-2-9-20-15(7-8-16-4-3-10-21-16)11-13-5-6-14(19)12-17(13)18/h5-6,12,15-16,20H,2-4,7-11H2,1H3. The monoisotopic (exact) mass is 313 g/mol. The van der Waals surface area contributed by atoms with Gasteiger partial charge in [-0.25, -0.2) is 4.39 Å². The summed E-state index contributed by atoms with van der Waals surface area (Å²) in [6.07, 6.45) is 6.87. The first-order valence-electron chi connectivity index (χ1n) is 7.98. The molecule has 0 radical (unpaired) electrons. The van der Waals surface area contributed by atoms with Crippen molar-refractivity contribution in [2.45, 2.75) is 57.6 Å². The van der Waals surface area contributed by atoms with E-state index in [1.54, 1.807) is 6.07 Å². The van der Waals surface area contributed by atoms with Gasteiger partial charge in [0.2, 0.25) is 0 Å². The van der Waals surface area contributed by atoms with Crippen LogP contribution in [0.4, 0.5) is 4.39 Å². The fraction of sp³-hybridized carbons (Fsp3) is 0.647. The van der Waals surface area contributed by atoms with Crippen molar-refractivity contribution in [3.63, 3.8) is 0 Å². The molecule has 2 unspecified atom stereocenters. The van der Waals surface area contributed by atoms with Crippen LogP contribution in [0.5, 0.6) is 0 Å². The smallest absolute Gasteiger partial charge is 0.124 e. The highest BCUT2D eigenvalue weighted by molar-refractivity contribution is 6.31. The van der Waals surface area contributed by atoms with Crippen molar-refractivity contribution in [3.05, 3.63) is 34.6 Å². The van der Waals surface area contributed by atoms with Gasteiger partial charge in [0.15, 0.2) is 0 Å². The number of ether oxygens (including phenoxy) is 1. The molecule has 1 N–H and O–H groups in total. The van der Waals surface area contributed by atoms with Crippen LogP contribution in [0.25, 0.3) is 0 Å². The van der Waals surface area contributed by atoms with Gasteiger partial charge in [0, 0.05) is 17.7 Å². The Bertz CT molecular complexity index is 435. The van der Waals surface area contributed by atoms with E-state index in [1.165, 1.54) is 25.0 Å². The first-order valence-corrected chi connectivity index (χ1v) is 8.35. The van der Waals surface area contributed by atoms with Crippen LogP contribution in [0.3, 0.4) is 0 Å². The van der Waals surface area contributed by atoms with Gasteiger partial charge in [-0.3, -0.25) is 0 Å². The van der Waals surface area contributed by atoms with E-state index in [9.17, 15) is 4.39 Å². The molecule has 0 amide bonds. The van der Waals surface area contributed by atoms with E-state index in [0.717, 1.165) is 44.4 Å². The fourth-order valence-electron chi connectivity index (χ4n) is 2.84. The van der Waals surface area contributed by atoms with Crippen LogP contribution < -0.4 is 5.32 Å². The number of hydrogen-bond acceptors (Lipinski definition) is 2. The highest BCUT2D eigenvalue weighted by atomic mass is 35.5. The predicted octanol–water partition coefficient (Wildman–Crippen LogP) is 4.35. The average Bonchev–Trinajstić information content (AvgIpc) is 2.97. The Morgan fingerprint density at radius 2 is 2.33 bits per heavy atom. The summed E-state index contributed by atoms with van der Waals surface area (Å²) >= 11 is 6.14. The van der Waals surface area contributed by atoms with E-state index in [1.807, 2.05) is 0 Å². The van der Waals surface area contributed by atoms with Crippen molar-refractivity contribution >= 4 is 11.6 Å². The molecule has 0 aromatic heterocycles. The summed E-state index contributed by atoms with van der Waals surface area (Å²) in [5, 5.41) is 4.10. The molecule has 1 aliphatic heterocycles. The van der Waals surface area contributed by atoms with Gasteiger partial charge in [-0.1, -0.05) is 24.6 Å². The van der Waals surface area contributed by atoms with Crippen LogP contribution in [-0.4, -0.2) is 25.3 Å². The lowest BCUT2D eigenvalue weighted by molar-refractivity contribution is 0.0995. The fourth-order valence-corrected chi connectivity index (χ4v) is 3.08. The number of hydrogen-bond donors (Lipinski definition) is 1. The molecule has 118 valence electrons. The second-order valence-corrected chi connectivity index (χ2v) is 6.21. The molecule has 0 saturated carbocycles. The zero-order valence-electron chi connectivity index (χ0n) is 12.7. The van der Waals surface area contributed by atoms with Gasteiger partial charge >= 0.3 is 0 Å². The first kappa shape index (κ1) is 16.7. The summed E-state index contributed by atoms with van der Waals surface area (Å²) in [6, 6.07) is 5.05. The Labute approximate surface area is 132 Å². The van der Waals surface area contributed by atoms with E-state index >= 15 is 0 Å². The molecule has 2 rings (SSSR count). The van der Waals surface area contributed by atoms with E-state index in [2.05, 4.69) is 12.2 Å². The van der Waals surface area contributed by atoms with Crippen molar-refractivity contribution in [3.8, 4) is 0 Å². The minimum atomic E-state index is -0.277. The third-order valence-corrected chi connectivity index (χ3v) is 4.38. The van der Waals surface area contributed by atoms with Crippen molar-refractivity contribution < 1.29 is 9.13 Å². The van der Waals surface area contributed by atoms with Crippen molar-refractivity contribution in [1.82, 2.24) is 5.32 Å². The maximum absolute atomic E-state index is 13.1. The van der Waals surface area contributed by atoms with Gasteiger partial charge < -0.3 is 10.1 Å². The second kappa shape index (κ2) is 8.72. The maximum Gasteiger partial charge on any atom is 0.124 e. The Morgan fingerprint density at radius 1 is 1.48 bits per heavy atom. The molecule has 4 heteroatoms. The lowest BCUT2D eigenvalue weighted by Crippen LogP contribution is -2.32. The molecule has 1 aromatic carbocycles. The zero-order chi connectivity index (χ0) is 15.1. The molecular formula is C17H25ClFNO. The van der Waals surface area contributed by atoms with Gasteiger partial charge in [0.05, 0.1) is 6.10 Å². The van der Waals surface area contributed by atoms with E-state index in [4.69, 9.17) is 16.3 Å². The maximum atomic E-state index is 13.1.